The van der Waals surface area contributed by atoms with Gasteiger partial charge in [0.25, 0.3) is 0 Å². The van der Waals surface area contributed by atoms with Gasteiger partial charge in [-0.25, -0.2) is 4.39 Å². The number of ether oxygens (including phenoxy) is 1. The Hall–Kier alpha value is -1.34. The third kappa shape index (κ3) is 3.09. The molecule has 2 bridgehead atoms. The fourth-order valence-electron chi connectivity index (χ4n) is 4.63. The Morgan fingerprint density at radius 2 is 2.12 bits per heavy atom. The van der Waals surface area contributed by atoms with Gasteiger partial charge in [0.15, 0.2) is 16.8 Å². The van der Waals surface area contributed by atoms with Crippen LogP contribution in [0.4, 0.5) is 4.39 Å². The molecule has 0 aromatic heterocycles. The average molecular weight is 404 g/mol. The second kappa shape index (κ2) is 7.00. The topological polar surface area (TPSA) is 72.5 Å². The van der Waals surface area contributed by atoms with Crippen molar-refractivity contribution < 1.29 is 22.3 Å². The van der Waals surface area contributed by atoms with E-state index in [2.05, 4.69) is 19.2 Å². The molecule has 0 aliphatic heterocycles. The Labute approximate surface area is 159 Å². The van der Waals surface area contributed by atoms with Crippen LogP contribution < -0.4 is 5.32 Å². The van der Waals surface area contributed by atoms with Gasteiger partial charge in [0.1, 0.15) is 0 Å². The van der Waals surface area contributed by atoms with E-state index in [4.69, 9.17) is 16.3 Å². The van der Waals surface area contributed by atoms with Gasteiger partial charge in [0.2, 0.25) is 16.2 Å². The number of halogens is 2. The number of carbonyl (C=O) groups is 1. The normalized spacial score (nSPS) is 32.5. The van der Waals surface area contributed by atoms with E-state index < -0.39 is 27.2 Å². The molecule has 1 amide bonds. The smallest absolute Gasteiger partial charge is 0.250 e. The van der Waals surface area contributed by atoms with Crippen molar-refractivity contribution in [3.05, 3.63) is 22.4 Å². The molecule has 0 aromatic rings. The standard InChI is InChI=1S/C18H23ClFNO4S/c1-18(2)10-5-4-9(12(18)6-10)8-25-15-13(19)7-11(17(22)21-3)14(20)16(15)26(23)24/h7,9-10,12,14H,4-6,8H2,1-3H3,(H,21,22)/t9-,10-,12-,14?/m0/s1. The molecule has 3 fully saturated rings. The van der Waals surface area contributed by atoms with Crippen LogP contribution >= 0.6 is 11.6 Å². The Morgan fingerprint density at radius 1 is 1.42 bits per heavy atom. The SMILES string of the molecule is CNC(=O)C1=CC(Cl)=C(OC[C@@H]2CC[C@H]3C[C@@H]2C3(C)C)C(=S(=O)=O)C1F. The number of fused-ring (bicyclic) bond motifs is 2. The predicted octanol–water partition coefficient (Wildman–Crippen LogP) is 2.60. The maximum absolute atomic E-state index is 14.7. The van der Waals surface area contributed by atoms with Gasteiger partial charge in [-0.2, -0.15) is 8.42 Å². The molecule has 26 heavy (non-hydrogen) atoms. The van der Waals surface area contributed by atoms with E-state index in [-0.39, 0.29) is 27.7 Å². The summed E-state index contributed by atoms with van der Waals surface area (Å²) in [5, 5.41) is 2.21. The van der Waals surface area contributed by atoms with Crippen molar-refractivity contribution in [3.8, 4) is 0 Å². The van der Waals surface area contributed by atoms with Gasteiger partial charge in [-0.1, -0.05) is 25.4 Å². The highest BCUT2D eigenvalue weighted by Gasteiger charge is 2.54. The summed E-state index contributed by atoms with van der Waals surface area (Å²) in [7, 11) is -1.55. The molecule has 0 saturated heterocycles. The summed E-state index contributed by atoms with van der Waals surface area (Å²) in [6.45, 7) is 4.80. The number of alkyl halides is 1. The fraction of sp³-hybridized carbons (Fsp3) is 0.667. The van der Waals surface area contributed by atoms with Crippen LogP contribution in [0, 0.1) is 23.2 Å². The van der Waals surface area contributed by atoms with Crippen LogP contribution in [-0.2, 0) is 19.8 Å². The van der Waals surface area contributed by atoms with E-state index in [1.54, 1.807) is 0 Å². The molecule has 0 heterocycles. The van der Waals surface area contributed by atoms with Crippen LogP contribution in [0.25, 0.3) is 0 Å². The first-order chi connectivity index (χ1) is 12.2. The van der Waals surface area contributed by atoms with Gasteiger partial charge in [-0.05, 0) is 48.5 Å². The number of amides is 1. The van der Waals surface area contributed by atoms with Crippen LogP contribution in [0.1, 0.15) is 33.1 Å². The van der Waals surface area contributed by atoms with E-state index in [1.165, 1.54) is 7.05 Å². The molecule has 0 aromatic carbocycles. The molecule has 144 valence electrons. The van der Waals surface area contributed by atoms with Gasteiger partial charge in [0.05, 0.1) is 17.2 Å². The Balaban J connectivity index is 1.84. The van der Waals surface area contributed by atoms with Crippen LogP contribution in [-0.4, -0.2) is 39.0 Å². The number of rotatable bonds is 4. The molecule has 8 heteroatoms. The zero-order valence-electron chi connectivity index (χ0n) is 15.0. The first-order valence-corrected chi connectivity index (χ1v) is 10.2. The Kier molecular flexibility index (Phi) is 5.23. The first-order valence-electron chi connectivity index (χ1n) is 8.75. The molecule has 4 aliphatic carbocycles. The van der Waals surface area contributed by atoms with Gasteiger partial charge in [-0.3, -0.25) is 4.79 Å². The number of nitrogens with one attached hydrogen (secondary N) is 1. The van der Waals surface area contributed by atoms with E-state index in [9.17, 15) is 17.6 Å². The van der Waals surface area contributed by atoms with Crippen molar-refractivity contribution in [2.75, 3.05) is 13.7 Å². The summed E-state index contributed by atoms with van der Waals surface area (Å²) in [5.74, 6) is 0.650. The highest BCUT2D eigenvalue weighted by molar-refractivity contribution is 7.73. The monoisotopic (exact) mass is 403 g/mol. The second-order valence-corrected chi connectivity index (χ2v) is 9.14. The summed E-state index contributed by atoms with van der Waals surface area (Å²) in [5.41, 5.74) is -0.0792. The van der Waals surface area contributed by atoms with Crippen LogP contribution in [0.5, 0.6) is 0 Å². The summed E-state index contributed by atoms with van der Waals surface area (Å²) in [6.07, 6.45) is 2.34. The summed E-state index contributed by atoms with van der Waals surface area (Å²) < 4.78 is 43.6. The first kappa shape index (κ1) is 19.4. The lowest BCUT2D eigenvalue weighted by atomic mass is 9.46. The highest BCUT2D eigenvalue weighted by atomic mass is 35.5. The van der Waals surface area contributed by atoms with E-state index in [0.717, 1.165) is 31.3 Å². The zero-order valence-corrected chi connectivity index (χ0v) is 16.6. The van der Waals surface area contributed by atoms with Gasteiger partial charge < -0.3 is 10.1 Å². The van der Waals surface area contributed by atoms with Crippen LogP contribution in [0.15, 0.2) is 22.4 Å². The van der Waals surface area contributed by atoms with Crippen molar-refractivity contribution in [1.29, 1.82) is 0 Å². The second-order valence-electron chi connectivity index (χ2n) is 7.83. The molecule has 4 atom stereocenters. The third-order valence-electron chi connectivity index (χ3n) is 6.34. The fourth-order valence-corrected chi connectivity index (χ4v) is 5.57. The van der Waals surface area contributed by atoms with Gasteiger partial charge >= 0.3 is 0 Å². The lowest BCUT2D eigenvalue weighted by Gasteiger charge is -2.60. The van der Waals surface area contributed by atoms with Crippen molar-refractivity contribution in [3.63, 3.8) is 0 Å². The van der Waals surface area contributed by atoms with E-state index in [1.807, 2.05) is 0 Å². The van der Waals surface area contributed by atoms with Crippen LogP contribution in [0.2, 0.25) is 0 Å². The third-order valence-corrected chi connectivity index (χ3v) is 7.37. The van der Waals surface area contributed by atoms with Crippen molar-refractivity contribution in [1.82, 2.24) is 5.32 Å². The number of likely N-dealkylation sites (N-methyl/N-ethyl adjacent to an activating group) is 1. The molecular formula is C18H23ClFNO4S. The molecular weight excluding hydrogens is 381 g/mol. The number of hydrogen-bond acceptors (Lipinski definition) is 4. The lowest BCUT2D eigenvalue weighted by Crippen LogP contribution is -2.53. The van der Waals surface area contributed by atoms with Crippen molar-refractivity contribution >= 4 is 32.7 Å². The zero-order chi connectivity index (χ0) is 19.2. The number of carbonyl (C=O) groups excluding carboxylic acids is 1. The number of allylic oxidation sites excluding steroid dienone is 3. The summed E-state index contributed by atoms with van der Waals surface area (Å²) in [6, 6.07) is 0. The highest BCUT2D eigenvalue weighted by Crippen LogP contribution is 2.61. The number of hydrogen-bond donors (Lipinski definition) is 1. The molecule has 4 aliphatic rings. The summed E-state index contributed by atoms with van der Waals surface area (Å²) >= 11 is 6.14. The van der Waals surface area contributed by atoms with E-state index in [0.29, 0.717) is 12.5 Å². The maximum atomic E-state index is 14.7. The van der Waals surface area contributed by atoms with Gasteiger partial charge in [-0.15, -0.1) is 0 Å². The minimum atomic E-state index is -2.89. The van der Waals surface area contributed by atoms with Crippen LogP contribution in [0.3, 0.4) is 0 Å². The maximum Gasteiger partial charge on any atom is 0.250 e. The largest absolute Gasteiger partial charge is 0.490 e. The molecule has 0 radical (unpaired) electrons. The van der Waals surface area contributed by atoms with Crippen molar-refractivity contribution in [2.24, 2.45) is 23.2 Å². The molecule has 5 nitrogen and oxygen atoms in total. The molecule has 3 saturated carbocycles. The minimum Gasteiger partial charge on any atom is -0.490 e. The average Bonchev–Trinajstić information content (AvgIpc) is 2.60. The predicted molar refractivity (Wildman–Crippen MR) is 97.9 cm³/mol. The summed E-state index contributed by atoms with van der Waals surface area (Å²) in [4.78, 5) is 11.2. The lowest BCUT2D eigenvalue weighted by molar-refractivity contribution is -0.118. The molecule has 0 spiro atoms. The van der Waals surface area contributed by atoms with Gasteiger partial charge in [0, 0.05) is 7.05 Å². The quantitative estimate of drug-likeness (QED) is 0.732. The minimum absolute atomic E-state index is 0.0711. The Bertz CT molecular complexity index is 820. The molecule has 1 unspecified atom stereocenters. The molecule has 4 rings (SSSR count). The van der Waals surface area contributed by atoms with Crippen molar-refractivity contribution in [2.45, 2.75) is 39.3 Å². The van der Waals surface area contributed by atoms with E-state index >= 15 is 0 Å². The Morgan fingerprint density at radius 3 is 2.65 bits per heavy atom. The molecule has 1 N–H and O–H groups in total.